The molecule has 1 aromatic heterocycles. The molecule has 3 N–H and O–H groups in total. The molecular weight excluding hydrogens is 264 g/mol. The number of nitrogens with one attached hydrogen (secondary N) is 3. The second-order valence-electron chi connectivity index (χ2n) is 3.56. The highest BCUT2D eigenvalue weighted by Gasteiger charge is 2.10. The van der Waals surface area contributed by atoms with Gasteiger partial charge in [-0.1, -0.05) is 18.2 Å². The second-order valence-corrected chi connectivity index (χ2v) is 4.42. The summed E-state index contributed by atoms with van der Waals surface area (Å²) in [5, 5.41) is 9.64. The summed E-state index contributed by atoms with van der Waals surface area (Å²) in [5.41, 5.74) is 0.964. The average molecular weight is 276 g/mol. The number of carbonyl (C=O) groups is 2. The Morgan fingerprint density at radius 3 is 2.58 bits per heavy atom. The molecule has 98 valence electrons. The fourth-order valence-corrected chi connectivity index (χ4v) is 2.03. The molecule has 2 rings (SSSR count). The lowest BCUT2D eigenvalue weighted by molar-refractivity contribution is 0.0959. The van der Waals surface area contributed by atoms with Gasteiger partial charge < -0.3 is 10.6 Å². The van der Waals surface area contributed by atoms with Gasteiger partial charge in [-0.3, -0.25) is 10.1 Å². The van der Waals surface area contributed by atoms with E-state index in [0.717, 1.165) is 0 Å². The number of para-hydroxylation sites is 1. The third-order valence-corrected chi connectivity index (χ3v) is 2.97. The molecule has 6 nitrogen and oxygen atoms in total. The molecular formula is C12H12N4O2S. The molecule has 7 heteroatoms. The van der Waals surface area contributed by atoms with Crippen molar-refractivity contribution in [2.24, 2.45) is 0 Å². The van der Waals surface area contributed by atoms with Crippen molar-refractivity contribution in [3.63, 3.8) is 0 Å². The van der Waals surface area contributed by atoms with Crippen LogP contribution in [-0.2, 0) is 0 Å². The molecule has 0 saturated carbocycles. The zero-order valence-electron chi connectivity index (χ0n) is 10.1. The minimum absolute atomic E-state index is 0.280. The van der Waals surface area contributed by atoms with Crippen LogP contribution in [0, 0.1) is 0 Å². The largest absolute Gasteiger partial charge is 0.354 e. The summed E-state index contributed by atoms with van der Waals surface area (Å²) in [5.74, 6) is -0.284. The first-order valence-electron chi connectivity index (χ1n) is 5.49. The maximum absolute atomic E-state index is 11.7. The van der Waals surface area contributed by atoms with Crippen LogP contribution in [0.5, 0.6) is 0 Å². The number of amides is 3. The van der Waals surface area contributed by atoms with E-state index in [9.17, 15) is 9.59 Å². The van der Waals surface area contributed by atoms with E-state index in [2.05, 4.69) is 20.9 Å². The van der Waals surface area contributed by atoms with Crippen molar-refractivity contribution in [1.82, 2.24) is 10.3 Å². The SMILES string of the molecule is CNC(=O)c1csc(NC(=O)Nc2ccccc2)n1. The molecule has 0 atom stereocenters. The first kappa shape index (κ1) is 13.0. The molecule has 0 aliphatic rings. The lowest BCUT2D eigenvalue weighted by Crippen LogP contribution is -2.20. The monoisotopic (exact) mass is 276 g/mol. The van der Waals surface area contributed by atoms with Gasteiger partial charge in [0.25, 0.3) is 5.91 Å². The number of thiazole rings is 1. The molecule has 0 radical (unpaired) electrons. The van der Waals surface area contributed by atoms with Gasteiger partial charge in [0.1, 0.15) is 5.69 Å². The van der Waals surface area contributed by atoms with Crippen LogP contribution in [0.4, 0.5) is 15.6 Å². The van der Waals surface area contributed by atoms with E-state index < -0.39 is 6.03 Å². The Bertz CT molecular complexity index is 582. The summed E-state index contributed by atoms with van der Waals surface area (Å²) >= 11 is 1.19. The van der Waals surface area contributed by atoms with Crippen LogP contribution in [0.2, 0.25) is 0 Å². The van der Waals surface area contributed by atoms with Gasteiger partial charge in [0.2, 0.25) is 0 Å². The van der Waals surface area contributed by atoms with Gasteiger partial charge in [0.15, 0.2) is 5.13 Å². The van der Waals surface area contributed by atoms with Crippen molar-refractivity contribution in [1.29, 1.82) is 0 Å². The molecule has 3 amide bonds. The van der Waals surface area contributed by atoms with Crippen molar-refractivity contribution in [3.05, 3.63) is 41.4 Å². The molecule has 0 aliphatic carbocycles. The van der Waals surface area contributed by atoms with Gasteiger partial charge in [-0.2, -0.15) is 0 Å². The number of carbonyl (C=O) groups excluding carboxylic acids is 2. The smallest absolute Gasteiger partial charge is 0.325 e. The standard InChI is InChI=1S/C12H12N4O2S/c1-13-10(17)9-7-19-12(15-9)16-11(18)14-8-5-3-2-4-6-8/h2-7H,1H3,(H,13,17)(H2,14,15,16,18). The average Bonchev–Trinajstić information content (AvgIpc) is 2.87. The summed E-state index contributed by atoms with van der Waals surface area (Å²) in [6, 6.07) is 8.66. The van der Waals surface area contributed by atoms with Gasteiger partial charge in [-0.05, 0) is 12.1 Å². The first-order valence-corrected chi connectivity index (χ1v) is 6.37. The highest BCUT2D eigenvalue weighted by atomic mass is 32.1. The van der Waals surface area contributed by atoms with Crippen molar-refractivity contribution in [3.8, 4) is 0 Å². The van der Waals surface area contributed by atoms with E-state index in [1.165, 1.54) is 18.4 Å². The molecule has 0 aliphatic heterocycles. The molecule has 19 heavy (non-hydrogen) atoms. The Hall–Kier alpha value is -2.41. The van der Waals surface area contributed by atoms with E-state index >= 15 is 0 Å². The molecule has 0 saturated heterocycles. The summed E-state index contributed by atoms with van der Waals surface area (Å²) in [6.45, 7) is 0. The van der Waals surface area contributed by atoms with Crippen molar-refractivity contribution in [2.45, 2.75) is 0 Å². The molecule has 0 bridgehead atoms. The van der Waals surface area contributed by atoms with Gasteiger partial charge >= 0.3 is 6.03 Å². The van der Waals surface area contributed by atoms with Crippen LogP contribution in [0.1, 0.15) is 10.5 Å². The van der Waals surface area contributed by atoms with Crippen molar-refractivity contribution >= 4 is 34.1 Å². The minimum Gasteiger partial charge on any atom is -0.354 e. The van der Waals surface area contributed by atoms with Crippen LogP contribution in [-0.4, -0.2) is 24.0 Å². The summed E-state index contributed by atoms with van der Waals surface area (Å²) in [7, 11) is 1.52. The number of rotatable bonds is 3. The summed E-state index contributed by atoms with van der Waals surface area (Å²) < 4.78 is 0. The summed E-state index contributed by atoms with van der Waals surface area (Å²) in [6.07, 6.45) is 0. The maximum atomic E-state index is 11.7. The highest BCUT2D eigenvalue weighted by Crippen LogP contribution is 2.15. The summed E-state index contributed by atoms with van der Waals surface area (Å²) in [4.78, 5) is 27.0. The lowest BCUT2D eigenvalue weighted by atomic mass is 10.3. The van der Waals surface area contributed by atoms with E-state index in [1.807, 2.05) is 18.2 Å². The van der Waals surface area contributed by atoms with Crippen molar-refractivity contribution < 1.29 is 9.59 Å². The molecule has 1 heterocycles. The van der Waals surface area contributed by atoms with Gasteiger partial charge in [-0.15, -0.1) is 11.3 Å². The molecule has 0 unspecified atom stereocenters. The predicted octanol–water partition coefficient (Wildman–Crippen LogP) is 2.15. The topological polar surface area (TPSA) is 83.1 Å². The number of anilines is 2. The molecule has 0 fully saturated rings. The number of hydrogen-bond acceptors (Lipinski definition) is 4. The second kappa shape index (κ2) is 5.96. The van der Waals surface area contributed by atoms with E-state index in [-0.39, 0.29) is 11.6 Å². The quantitative estimate of drug-likeness (QED) is 0.803. The van der Waals surface area contributed by atoms with Gasteiger partial charge in [0, 0.05) is 18.1 Å². The van der Waals surface area contributed by atoms with Gasteiger partial charge in [-0.25, -0.2) is 9.78 Å². The maximum Gasteiger partial charge on any atom is 0.325 e. The fourth-order valence-electron chi connectivity index (χ4n) is 1.34. The molecule has 2 aromatic rings. The lowest BCUT2D eigenvalue weighted by Gasteiger charge is -2.04. The number of benzene rings is 1. The minimum atomic E-state index is -0.399. The number of aromatic nitrogens is 1. The van der Waals surface area contributed by atoms with Crippen LogP contribution in [0.3, 0.4) is 0 Å². The van der Waals surface area contributed by atoms with Crippen LogP contribution in [0.15, 0.2) is 35.7 Å². The normalized spacial score (nSPS) is 9.74. The molecule has 1 aromatic carbocycles. The Labute approximate surface area is 113 Å². The van der Waals surface area contributed by atoms with Crippen LogP contribution in [0.25, 0.3) is 0 Å². The Balaban J connectivity index is 1.96. The van der Waals surface area contributed by atoms with E-state index in [1.54, 1.807) is 17.5 Å². The van der Waals surface area contributed by atoms with E-state index in [0.29, 0.717) is 10.8 Å². The number of urea groups is 1. The molecule has 0 spiro atoms. The van der Waals surface area contributed by atoms with Gasteiger partial charge in [0.05, 0.1) is 0 Å². The Morgan fingerprint density at radius 2 is 1.89 bits per heavy atom. The van der Waals surface area contributed by atoms with E-state index in [4.69, 9.17) is 0 Å². The first-order chi connectivity index (χ1) is 9.19. The zero-order valence-corrected chi connectivity index (χ0v) is 11.0. The Morgan fingerprint density at radius 1 is 1.16 bits per heavy atom. The van der Waals surface area contributed by atoms with Crippen molar-refractivity contribution in [2.75, 3.05) is 17.7 Å². The van der Waals surface area contributed by atoms with Crippen LogP contribution >= 0.6 is 11.3 Å². The number of hydrogen-bond donors (Lipinski definition) is 3. The third kappa shape index (κ3) is 3.52. The zero-order chi connectivity index (χ0) is 13.7. The predicted molar refractivity (Wildman–Crippen MR) is 74.6 cm³/mol. The Kier molecular flexibility index (Phi) is 4.09. The fraction of sp³-hybridized carbons (Fsp3) is 0.0833. The third-order valence-electron chi connectivity index (χ3n) is 2.22. The number of nitrogens with zero attached hydrogens (tertiary/aromatic N) is 1. The van der Waals surface area contributed by atoms with Crippen LogP contribution < -0.4 is 16.0 Å². The highest BCUT2D eigenvalue weighted by molar-refractivity contribution is 7.14.